The van der Waals surface area contributed by atoms with Gasteiger partial charge in [-0.15, -0.1) is 0 Å². The summed E-state index contributed by atoms with van der Waals surface area (Å²) in [5, 5.41) is 2.40. The summed E-state index contributed by atoms with van der Waals surface area (Å²) in [5.74, 6) is 0. The van der Waals surface area contributed by atoms with Gasteiger partial charge in [-0.25, -0.2) is 0 Å². The summed E-state index contributed by atoms with van der Waals surface area (Å²) in [5.41, 5.74) is 10.3. The zero-order valence-corrected chi connectivity index (χ0v) is 14.9. The molecule has 1 heteroatoms. The number of hydrogen-bond donors (Lipinski definition) is 0. The average molecular weight is 346 g/mol. The van der Waals surface area contributed by atoms with Gasteiger partial charge in [-0.3, -0.25) is 0 Å². The van der Waals surface area contributed by atoms with Gasteiger partial charge in [-0.05, 0) is 64.4 Å². The van der Waals surface area contributed by atoms with Crippen LogP contribution in [0.5, 0.6) is 0 Å². The number of benzene rings is 4. The molecule has 1 nitrogen and oxygen atoms in total. The predicted octanol–water partition coefficient (Wildman–Crippen LogP) is 6.75. The Kier molecular flexibility index (Phi) is 3.06. The SMILES string of the molecule is c1ccc2c(c1)Cc1ccc(Cc3ccc4oc5ccccc5c4c3)cc1-2. The summed E-state index contributed by atoms with van der Waals surface area (Å²) in [6, 6.07) is 30.6. The lowest BCUT2D eigenvalue weighted by Crippen LogP contribution is -1.90. The molecule has 27 heavy (non-hydrogen) atoms. The first-order chi connectivity index (χ1) is 13.3. The number of hydrogen-bond acceptors (Lipinski definition) is 1. The van der Waals surface area contributed by atoms with Gasteiger partial charge in [0.25, 0.3) is 0 Å². The van der Waals surface area contributed by atoms with Gasteiger partial charge in [0.1, 0.15) is 11.2 Å². The highest BCUT2D eigenvalue weighted by Gasteiger charge is 2.18. The molecule has 6 rings (SSSR count). The lowest BCUT2D eigenvalue weighted by molar-refractivity contribution is 0.669. The van der Waals surface area contributed by atoms with E-state index in [1.54, 1.807) is 0 Å². The van der Waals surface area contributed by atoms with E-state index in [9.17, 15) is 0 Å². The van der Waals surface area contributed by atoms with E-state index in [0.717, 1.165) is 24.0 Å². The Morgan fingerprint density at radius 3 is 2.33 bits per heavy atom. The molecule has 0 spiro atoms. The molecular formula is C26H18O. The lowest BCUT2D eigenvalue weighted by atomic mass is 9.98. The van der Waals surface area contributed by atoms with E-state index in [4.69, 9.17) is 4.42 Å². The molecule has 0 atom stereocenters. The summed E-state index contributed by atoms with van der Waals surface area (Å²) in [4.78, 5) is 0. The van der Waals surface area contributed by atoms with E-state index >= 15 is 0 Å². The summed E-state index contributed by atoms with van der Waals surface area (Å²) in [6.07, 6.45) is 1.99. The van der Waals surface area contributed by atoms with Crippen molar-refractivity contribution in [2.75, 3.05) is 0 Å². The predicted molar refractivity (Wildman–Crippen MR) is 111 cm³/mol. The van der Waals surface area contributed by atoms with Crippen LogP contribution >= 0.6 is 0 Å². The zero-order chi connectivity index (χ0) is 17.8. The fraction of sp³-hybridized carbons (Fsp3) is 0.0769. The van der Waals surface area contributed by atoms with Crippen LogP contribution < -0.4 is 0 Å². The van der Waals surface area contributed by atoms with E-state index in [-0.39, 0.29) is 0 Å². The van der Waals surface area contributed by atoms with Gasteiger partial charge >= 0.3 is 0 Å². The summed E-state index contributed by atoms with van der Waals surface area (Å²) in [6.45, 7) is 0. The number of rotatable bonds is 2. The molecule has 0 amide bonds. The van der Waals surface area contributed by atoms with Crippen molar-refractivity contribution in [3.05, 3.63) is 107 Å². The van der Waals surface area contributed by atoms with E-state index in [1.807, 2.05) is 12.1 Å². The Morgan fingerprint density at radius 2 is 1.33 bits per heavy atom. The van der Waals surface area contributed by atoms with Crippen molar-refractivity contribution >= 4 is 21.9 Å². The molecule has 1 heterocycles. The zero-order valence-electron chi connectivity index (χ0n) is 14.9. The van der Waals surface area contributed by atoms with Crippen molar-refractivity contribution in [1.82, 2.24) is 0 Å². The fourth-order valence-electron chi connectivity index (χ4n) is 4.40. The molecule has 0 radical (unpaired) electrons. The van der Waals surface area contributed by atoms with Crippen molar-refractivity contribution in [2.24, 2.45) is 0 Å². The van der Waals surface area contributed by atoms with Gasteiger partial charge < -0.3 is 4.42 Å². The van der Waals surface area contributed by atoms with Crippen LogP contribution in [0.1, 0.15) is 22.3 Å². The molecule has 0 bridgehead atoms. The maximum absolute atomic E-state index is 5.96. The van der Waals surface area contributed by atoms with Gasteiger partial charge in [0, 0.05) is 10.8 Å². The van der Waals surface area contributed by atoms with E-state index in [1.165, 1.54) is 44.2 Å². The van der Waals surface area contributed by atoms with Crippen LogP contribution in [-0.4, -0.2) is 0 Å². The standard InChI is InChI=1S/C26H18O/c1-2-6-21-19(5-1)16-20-11-9-17(14-23(20)21)13-18-10-12-26-24(15-18)22-7-3-4-8-25(22)27-26/h1-12,14-15H,13,16H2. The molecule has 0 saturated heterocycles. The van der Waals surface area contributed by atoms with Crippen molar-refractivity contribution < 1.29 is 4.42 Å². The van der Waals surface area contributed by atoms with Crippen molar-refractivity contribution in [2.45, 2.75) is 12.8 Å². The third kappa shape index (κ3) is 2.32. The molecule has 4 aromatic carbocycles. The Morgan fingerprint density at radius 1 is 0.593 bits per heavy atom. The molecular weight excluding hydrogens is 328 g/mol. The minimum atomic E-state index is 0.935. The molecule has 0 aliphatic heterocycles. The first-order valence-corrected chi connectivity index (χ1v) is 9.45. The van der Waals surface area contributed by atoms with E-state index in [2.05, 4.69) is 72.8 Å². The van der Waals surface area contributed by atoms with Crippen molar-refractivity contribution in [3.8, 4) is 11.1 Å². The second-order valence-electron chi connectivity index (χ2n) is 7.43. The minimum absolute atomic E-state index is 0.935. The Labute approximate surface area is 157 Å². The van der Waals surface area contributed by atoms with Crippen LogP contribution in [0.15, 0.2) is 89.3 Å². The van der Waals surface area contributed by atoms with Crippen LogP contribution in [0, 0.1) is 0 Å². The third-order valence-corrected chi connectivity index (χ3v) is 5.71. The molecule has 1 aliphatic carbocycles. The summed E-state index contributed by atoms with van der Waals surface area (Å²) < 4.78 is 5.96. The van der Waals surface area contributed by atoms with E-state index < -0.39 is 0 Å². The fourth-order valence-corrected chi connectivity index (χ4v) is 4.40. The van der Waals surface area contributed by atoms with Crippen LogP contribution in [-0.2, 0) is 12.8 Å². The highest BCUT2D eigenvalue weighted by Crippen LogP contribution is 2.37. The van der Waals surface area contributed by atoms with Gasteiger partial charge in [-0.1, -0.05) is 66.7 Å². The quantitative estimate of drug-likeness (QED) is 0.338. The molecule has 1 aromatic heterocycles. The maximum Gasteiger partial charge on any atom is 0.135 e. The topological polar surface area (TPSA) is 13.1 Å². The van der Waals surface area contributed by atoms with Crippen LogP contribution in [0.3, 0.4) is 0 Å². The number of furan rings is 1. The first kappa shape index (κ1) is 14.8. The Hall–Kier alpha value is -3.32. The highest BCUT2D eigenvalue weighted by atomic mass is 16.3. The van der Waals surface area contributed by atoms with Crippen LogP contribution in [0.25, 0.3) is 33.1 Å². The molecule has 128 valence electrons. The third-order valence-electron chi connectivity index (χ3n) is 5.71. The minimum Gasteiger partial charge on any atom is -0.456 e. The lowest BCUT2D eigenvalue weighted by Gasteiger charge is -2.07. The Bertz CT molecular complexity index is 1320. The van der Waals surface area contributed by atoms with Gasteiger partial charge in [0.2, 0.25) is 0 Å². The smallest absolute Gasteiger partial charge is 0.135 e. The van der Waals surface area contributed by atoms with Gasteiger partial charge in [0.15, 0.2) is 0 Å². The summed E-state index contributed by atoms with van der Waals surface area (Å²) in [7, 11) is 0. The normalized spacial score (nSPS) is 12.4. The second-order valence-corrected chi connectivity index (χ2v) is 7.43. The summed E-state index contributed by atoms with van der Waals surface area (Å²) >= 11 is 0. The number of fused-ring (bicyclic) bond motifs is 6. The molecule has 0 N–H and O–H groups in total. The number of para-hydroxylation sites is 1. The van der Waals surface area contributed by atoms with Crippen molar-refractivity contribution in [3.63, 3.8) is 0 Å². The molecule has 0 saturated carbocycles. The monoisotopic (exact) mass is 346 g/mol. The molecule has 1 aliphatic rings. The first-order valence-electron chi connectivity index (χ1n) is 9.45. The largest absolute Gasteiger partial charge is 0.456 e. The highest BCUT2D eigenvalue weighted by molar-refractivity contribution is 6.05. The molecule has 5 aromatic rings. The van der Waals surface area contributed by atoms with Crippen LogP contribution in [0.4, 0.5) is 0 Å². The molecule has 0 unspecified atom stereocenters. The van der Waals surface area contributed by atoms with Crippen LogP contribution in [0.2, 0.25) is 0 Å². The second kappa shape index (κ2) is 5.59. The van der Waals surface area contributed by atoms with E-state index in [0.29, 0.717) is 0 Å². The van der Waals surface area contributed by atoms with Gasteiger partial charge in [-0.2, -0.15) is 0 Å². The average Bonchev–Trinajstić information content (AvgIpc) is 3.26. The Balaban J connectivity index is 1.41. The van der Waals surface area contributed by atoms with Crippen molar-refractivity contribution in [1.29, 1.82) is 0 Å². The maximum atomic E-state index is 5.96. The van der Waals surface area contributed by atoms with Gasteiger partial charge in [0.05, 0.1) is 0 Å². The molecule has 0 fully saturated rings.